The number of hydrogen-bond acceptors (Lipinski definition) is 9. The number of carbonyl (C=O) groups excluding carboxylic acids is 1. The van der Waals surface area contributed by atoms with Crippen LogP contribution in [0.2, 0.25) is 5.02 Å². The fraction of sp³-hybridized carbons (Fsp3) is 0.649. The third-order valence-electron chi connectivity index (χ3n) is 11.9. The number of amides is 1. The second kappa shape index (κ2) is 15.5. The first-order valence-corrected chi connectivity index (χ1v) is 22.1. The molecule has 0 spiro atoms. The summed E-state index contributed by atoms with van der Waals surface area (Å²) in [6.07, 6.45) is 7.43. The van der Waals surface area contributed by atoms with E-state index < -0.39 is 36.8 Å². The minimum atomic E-state index is -3.99. The Bertz CT molecular complexity index is 1800. The smallest absolute Gasteiger partial charge is 0.264 e. The minimum Gasteiger partial charge on any atom is -0.487 e. The van der Waals surface area contributed by atoms with Crippen LogP contribution in [-0.4, -0.2) is 100.0 Å². The van der Waals surface area contributed by atoms with Crippen LogP contribution in [0, 0.1) is 17.8 Å². The number of nitrogens with one attached hydrogen (secondary N) is 1. The summed E-state index contributed by atoms with van der Waals surface area (Å²) in [7, 11) is -7.27. The van der Waals surface area contributed by atoms with Crippen molar-refractivity contribution in [1.29, 1.82) is 0 Å². The van der Waals surface area contributed by atoms with Crippen LogP contribution in [0.4, 0.5) is 5.69 Å². The molecule has 282 valence electrons. The standard InChI is InChI=1S/C37H53ClN4O7S2/c1-26-7-6-15-37(44,25-40-17-19-42(20-18-40)50(3,45)46)33-13-10-30(33)23-41-16-5-4-8-28-21-32(38)12-9-31(28)24-49-35-14-11-29(22-34(35)41)36(43)39-51(47,48)27(26)2/h9,11-12,14,21-22,26-27,30,33,44H,4-8,10,13,15-20,23-25H2,1-3H3,(H,39,43)/t26-,27+,30-,33+,37-/m0/s1. The van der Waals surface area contributed by atoms with E-state index in [0.29, 0.717) is 82.5 Å². The third-order valence-corrected chi connectivity index (χ3v) is 15.3. The van der Waals surface area contributed by atoms with Gasteiger partial charge in [0, 0.05) is 56.4 Å². The molecule has 2 aromatic rings. The molecule has 3 aliphatic heterocycles. The van der Waals surface area contributed by atoms with Crippen molar-refractivity contribution < 1.29 is 31.5 Å². The molecule has 5 atom stereocenters. The molecule has 4 aliphatic rings. The minimum absolute atomic E-state index is 0.00948. The van der Waals surface area contributed by atoms with Crippen molar-refractivity contribution >= 4 is 43.2 Å². The van der Waals surface area contributed by atoms with Crippen LogP contribution in [0.5, 0.6) is 5.75 Å². The number of hydrogen-bond donors (Lipinski definition) is 2. The zero-order valence-corrected chi connectivity index (χ0v) is 32.4. The topological polar surface area (TPSA) is 137 Å². The number of β-amino-alcohol motifs (C(OH)–C–C–N with tert-alkyl or cyclic N) is 1. The Hall–Kier alpha value is -2.42. The Morgan fingerprint density at radius 3 is 2.45 bits per heavy atom. The summed E-state index contributed by atoms with van der Waals surface area (Å²) < 4.78 is 61.7. The molecule has 6 rings (SSSR count). The Balaban J connectivity index is 1.34. The summed E-state index contributed by atoms with van der Waals surface area (Å²) in [6, 6.07) is 11.0. The van der Waals surface area contributed by atoms with Crippen molar-refractivity contribution in [2.75, 3.05) is 57.0 Å². The lowest BCUT2D eigenvalue weighted by Crippen LogP contribution is -2.59. The Morgan fingerprint density at radius 2 is 1.75 bits per heavy atom. The van der Waals surface area contributed by atoms with E-state index in [2.05, 4.69) is 14.5 Å². The lowest BCUT2D eigenvalue weighted by atomic mass is 9.62. The van der Waals surface area contributed by atoms with Gasteiger partial charge in [-0.1, -0.05) is 31.0 Å². The molecule has 1 saturated carbocycles. The van der Waals surface area contributed by atoms with Crippen molar-refractivity contribution in [3.8, 4) is 5.75 Å². The van der Waals surface area contributed by atoms with Gasteiger partial charge in [-0.3, -0.25) is 9.69 Å². The quantitative estimate of drug-likeness (QED) is 0.458. The number of ether oxygens (including phenoxy) is 1. The summed E-state index contributed by atoms with van der Waals surface area (Å²) in [5, 5.41) is 12.5. The number of rotatable bonds is 3. The highest BCUT2D eigenvalue weighted by molar-refractivity contribution is 7.90. The highest BCUT2D eigenvalue weighted by atomic mass is 35.5. The van der Waals surface area contributed by atoms with Crippen molar-refractivity contribution in [1.82, 2.24) is 13.9 Å². The van der Waals surface area contributed by atoms with E-state index in [0.717, 1.165) is 48.9 Å². The van der Waals surface area contributed by atoms with E-state index >= 15 is 0 Å². The zero-order chi connectivity index (χ0) is 36.6. The number of aryl methyl sites for hydroxylation is 1. The molecule has 51 heavy (non-hydrogen) atoms. The first-order valence-electron chi connectivity index (χ1n) is 18.4. The van der Waals surface area contributed by atoms with Crippen LogP contribution < -0.4 is 14.4 Å². The van der Waals surface area contributed by atoms with Crippen LogP contribution in [0.1, 0.15) is 80.3 Å². The predicted octanol–water partition coefficient (Wildman–Crippen LogP) is 4.66. The largest absolute Gasteiger partial charge is 0.487 e. The van der Waals surface area contributed by atoms with Gasteiger partial charge in [0.1, 0.15) is 12.4 Å². The number of sulfonamides is 2. The van der Waals surface area contributed by atoms with Gasteiger partial charge in [0.25, 0.3) is 5.91 Å². The summed E-state index contributed by atoms with van der Waals surface area (Å²) in [5.41, 5.74) is 2.15. The molecule has 1 saturated heterocycles. The molecule has 1 amide bonds. The SMILES string of the molecule is C[C@@H]1[C@@H](C)CCC[C@](O)(CN2CCN(S(C)(=O)=O)CC2)[C@@H]2CC[C@H]2CN2CCCCc3cc(Cl)ccc3COc3ccc(cc32)C(=O)NS1(=O)=O. The van der Waals surface area contributed by atoms with Crippen LogP contribution >= 0.6 is 11.6 Å². The van der Waals surface area contributed by atoms with Crippen LogP contribution in [-0.2, 0) is 33.1 Å². The van der Waals surface area contributed by atoms with Gasteiger partial charge in [-0.2, -0.15) is 4.31 Å². The highest BCUT2D eigenvalue weighted by Crippen LogP contribution is 2.46. The van der Waals surface area contributed by atoms with Crippen molar-refractivity contribution in [2.24, 2.45) is 17.8 Å². The summed E-state index contributed by atoms with van der Waals surface area (Å²) in [6.45, 7) is 7.50. The van der Waals surface area contributed by atoms with Gasteiger partial charge in [-0.25, -0.2) is 21.6 Å². The van der Waals surface area contributed by atoms with Crippen molar-refractivity contribution in [2.45, 2.75) is 82.7 Å². The summed E-state index contributed by atoms with van der Waals surface area (Å²) in [4.78, 5) is 18.0. The van der Waals surface area contributed by atoms with E-state index in [1.165, 1.54) is 10.6 Å². The maximum atomic E-state index is 13.5. The lowest BCUT2D eigenvalue weighted by Gasteiger charge is -2.51. The second-order valence-corrected chi connectivity index (χ2v) is 19.8. The first-order chi connectivity index (χ1) is 24.1. The number of anilines is 1. The molecule has 0 unspecified atom stereocenters. The van der Waals surface area contributed by atoms with Crippen molar-refractivity contribution in [3.63, 3.8) is 0 Å². The highest BCUT2D eigenvalue weighted by Gasteiger charge is 2.48. The number of piperazine rings is 1. The number of nitrogens with zero attached hydrogens (tertiary/aromatic N) is 3. The molecular formula is C37H53ClN4O7S2. The monoisotopic (exact) mass is 764 g/mol. The molecule has 0 aromatic heterocycles. The number of carbonyl (C=O) groups is 1. The van der Waals surface area contributed by atoms with Crippen LogP contribution in [0.3, 0.4) is 0 Å². The predicted molar refractivity (Wildman–Crippen MR) is 200 cm³/mol. The second-order valence-electron chi connectivity index (χ2n) is 15.3. The molecule has 2 bridgehead atoms. The fourth-order valence-corrected chi connectivity index (χ4v) is 10.7. The van der Waals surface area contributed by atoms with E-state index in [-0.39, 0.29) is 23.3 Å². The van der Waals surface area contributed by atoms with Gasteiger partial charge >= 0.3 is 0 Å². The average Bonchev–Trinajstić information content (AvgIpc) is 3.08. The van der Waals surface area contributed by atoms with E-state index in [1.54, 1.807) is 25.1 Å². The number of benzene rings is 2. The van der Waals surface area contributed by atoms with E-state index in [9.17, 15) is 26.7 Å². The van der Waals surface area contributed by atoms with Gasteiger partial charge in [-0.05, 0) is 111 Å². The lowest BCUT2D eigenvalue weighted by molar-refractivity contribution is -0.108. The van der Waals surface area contributed by atoms with Crippen LogP contribution in [0.15, 0.2) is 36.4 Å². The number of aliphatic hydroxyl groups is 1. The zero-order valence-electron chi connectivity index (χ0n) is 30.0. The molecule has 14 heteroatoms. The van der Waals surface area contributed by atoms with Gasteiger partial charge in [0.05, 0.1) is 22.8 Å². The Labute approximate surface area is 308 Å². The molecular weight excluding hydrogens is 712 g/mol. The summed E-state index contributed by atoms with van der Waals surface area (Å²) >= 11 is 6.36. The first kappa shape index (κ1) is 38.3. The molecule has 2 fully saturated rings. The van der Waals surface area contributed by atoms with Crippen LogP contribution in [0.25, 0.3) is 0 Å². The number of fused-ring (bicyclic) bond motifs is 3. The van der Waals surface area contributed by atoms with Gasteiger partial charge in [0.2, 0.25) is 20.0 Å². The molecule has 1 aliphatic carbocycles. The fourth-order valence-electron chi connectivity index (χ4n) is 8.40. The van der Waals surface area contributed by atoms with Gasteiger partial charge in [0.15, 0.2) is 0 Å². The van der Waals surface area contributed by atoms with Crippen molar-refractivity contribution in [3.05, 3.63) is 58.1 Å². The summed E-state index contributed by atoms with van der Waals surface area (Å²) in [5.74, 6) is -0.115. The average molecular weight is 765 g/mol. The van der Waals surface area contributed by atoms with Gasteiger partial charge in [-0.15, -0.1) is 0 Å². The normalized spacial score (nSPS) is 30.1. The maximum Gasteiger partial charge on any atom is 0.264 e. The third kappa shape index (κ3) is 8.87. The molecule has 2 aromatic carbocycles. The van der Waals surface area contributed by atoms with Gasteiger partial charge < -0.3 is 14.7 Å². The Kier molecular flexibility index (Phi) is 11.7. The van der Waals surface area contributed by atoms with E-state index in [4.69, 9.17) is 16.3 Å². The Morgan fingerprint density at radius 1 is 0.980 bits per heavy atom. The number of halogens is 1. The molecule has 11 nitrogen and oxygen atoms in total. The molecule has 2 N–H and O–H groups in total. The maximum absolute atomic E-state index is 13.5. The molecule has 0 radical (unpaired) electrons. The van der Waals surface area contributed by atoms with E-state index in [1.807, 2.05) is 25.1 Å². The molecule has 3 heterocycles.